The van der Waals surface area contributed by atoms with Crippen LogP contribution in [0.4, 0.5) is 0 Å². The summed E-state index contributed by atoms with van der Waals surface area (Å²) in [5, 5.41) is 3.94. The van der Waals surface area contributed by atoms with Crippen molar-refractivity contribution in [3.63, 3.8) is 0 Å². The molecule has 0 fully saturated rings. The van der Waals surface area contributed by atoms with Gasteiger partial charge in [0, 0.05) is 36.9 Å². The molecule has 0 saturated carbocycles. The number of nitrogens with zero attached hydrogens (tertiary/aromatic N) is 1. The summed E-state index contributed by atoms with van der Waals surface area (Å²) >= 11 is 0. The Labute approximate surface area is 110 Å². The number of rotatable bonds is 4. The molecule has 1 aromatic carbocycles. The van der Waals surface area contributed by atoms with E-state index >= 15 is 0 Å². The van der Waals surface area contributed by atoms with Crippen molar-refractivity contribution in [3.05, 3.63) is 54.2 Å². The van der Waals surface area contributed by atoms with Crippen LogP contribution in [0.1, 0.15) is 16.2 Å². The first-order valence-corrected chi connectivity index (χ1v) is 6.17. The van der Waals surface area contributed by atoms with Crippen molar-refractivity contribution in [1.82, 2.24) is 20.3 Å². The van der Waals surface area contributed by atoms with Gasteiger partial charge in [-0.3, -0.25) is 4.79 Å². The molecule has 5 nitrogen and oxygen atoms in total. The first-order chi connectivity index (χ1) is 9.34. The number of hydrogen-bond donors (Lipinski definition) is 3. The topological polar surface area (TPSA) is 73.6 Å². The van der Waals surface area contributed by atoms with Crippen LogP contribution >= 0.6 is 0 Å². The molecule has 3 rings (SSSR count). The highest BCUT2D eigenvalue weighted by molar-refractivity contribution is 6.05. The van der Waals surface area contributed by atoms with E-state index in [9.17, 15) is 4.79 Å². The van der Waals surface area contributed by atoms with E-state index in [0.717, 1.165) is 16.7 Å². The molecule has 5 heteroatoms. The zero-order chi connectivity index (χ0) is 13.1. The number of benzene rings is 1. The van der Waals surface area contributed by atoms with Crippen molar-refractivity contribution < 1.29 is 4.79 Å². The SMILES string of the molecule is O=C(NCCc1ncc[nH]1)c1cccc2cc[nH]c12. The number of aromatic amines is 2. The molecule has 2 aromatic heterocycles. The number of carbonyl (C=O) groups excluding carboxylic acids is 1. The molecule has 0 unspecified atom stereocenters. The minimum absolute atomic E-state index is 0.0698. The van der Waals surface area contributed by atoms with Gasteiger partial charge in [0.1, 0.15) is 5.82 Å². The molecule has 3 aromatic rings. The van der Waals surface area contributed by atoms with Crippen molar-refractivity contribution in [3.8, 4) is 0 Å². The van der Waals surface area contributed by atoms with Crippen molar-refractivity contribution in [2.45, 2.75) is 6.42 Å². The van der Waals surface area contributed by atoms with Gasteiger partial charge >= 0.3 is 0 Å². The summed E-state index contributed by atoms with van der Waals surface area (Å²) in [6.45, 7) is 0.559. The van der Waals surface area contributed by atoms with Crippen LogP contribution in [-0.2, 0) is 6.42 Å². The van der Waals surface area contributed by atoms with Crippen LogP contribution < -0.4 is 5.32 Å². The molecule has 3 N–H and O–H groups in total. The second-order valence-electron chi connectivity index (χ2n) is 4.29. The Hall–Kier alpha value is -2.56. The molecule has 19 heavy (non-hydrogen) atoms. The van der Waals surface area contributed by atoms with Crippen LogP contribution in [0.5, 0.6) is 0 Å². The zero-order valence-corrected chi connectivity index (χ0v) is 10.3. The van der Waals surface area contributed by atoms with Gasteiger partial charge in [-0.15, -0.1) is 0 Å². The number of carbonyl (C=O) groups is 1. The van der Waals surface area contributed by atoms with Gasteiger partial charge < -0.3 is 15.3 Å². The van der Waals surface area contributed by atoms with Gasteiger partial charge in [-0.25, -0.2) is 4.98 Å². The maximum atomic E-state index is 12.1. The highest BCUT2D eigenvalue weighted by atomic mass is 16.1. The van der Waals surface area contributed by atoms with E-state index in [-0.39, 0.29) is 5.91 Å². The second-order valence-corrected chi connectivity index (χ2v) is 4.29. The van der Waals surface area contributed by atoms with Gasteiger partial charge in [-0.1, -0.05) is 12.1 Å². The predicted molar refractivity (Wildman–Crippen MR) is 72.9 cm³/mol. The van der Waals surface area contributed by atoms with E-state index in [2.05, 4.69) is 20.3 Å². The third-order valence-corrected chi connectivity index (χ3v) is 3.03. The molecule has 0 aliphatic rings. The first-order valence-electron chi connectivity index (χ1n) is 6.17. The lowest BCUT2D eigenvalue weighted by molar-refractivity contribution is 0.0955. The largest absolute Gasteiger partial charge is 0.361 e. The Kier molecular flexibility index (Phi) is 3.02. The lowest BCUT2D eigenvalue weighted by Gasteiger charge is -2.05. The Morgan fingerprint density at radius 2 is 2.16 bits per heavy atom. The highest BCUT2D eigenvalue weighted by Gasteiger charge is 2.09. The Balaban J connectivity index is 1.68. The number of H-pyrrole nitrogens is 2. The number of amides is 1. The van der Waals surface area contributed by atoms with E-state index in [0.29, 0.717) is 18.5 Å². The molecule has 0 bridgehead atoms. The monoisotopic (exact) mass is 254 g/mol. The Morgan fingerprint density at radius 1 is 1.21 bits per heavy atom. The summed E-state index contributed by atoms with van der Waals surface area (Å²) in [5.74, 6) is 0.804. The molecule has 0 aliphatic carbocycles. The van der Waals surface area contributed by atoms with Crippen LogP contribution in [0.25, 0.3) is 10.9 Å². The molecule has 0 spiro atoms. The Bertz CT molecular complexity index is 684. The summed E-state index contributed by atoms with van der Waals surface area (Å²) in [7, 11) is 0. The number of hydrogen-bond acceptors (Lipinski definition) is 2. The molecule has 0 atom stereocenters. The molecular weight excluding hydrogens is 240 g/mol. The number of imidazole rings is 1. The third-order valence-electron chi connectivity index (χ3n) is 3.03. The van der Waals surface area contributed by atoms with Gasteiger partial charge in [-0.2, -0.15) is 0 Å². The summed E-state index contributed by atoms with van der Waals surface area (Å²) in [4.78, 5) is 22.3. The fraction of sp³-hybridized carbons (Fsp3) is 0.143. The fourth-order valence-electron chi connectivity index (χ4n) is 2.10. The van der Waals surface area contributed by atoms with E-state index in [4.69, 9.17) is 0 Å². The second kappa shape index (κ2) is 4.97. The smallest absolute Gasteiger partial charge is 0.253 e. The van der Waals surface area contributed by atoms with Gasteiger partial charge in [0.05, 0.1) is 11.1 Å². The highest BCUT2D eigenvalue weighted by Crippen LogP contribution is 2.16. The summed E-state index contributed by atoms with van der Waals surface area (Å²) in [5.41, 5.74) is 1.54. The van der Waals surface area contributed by atoms with Crippen LogP contribution in [-0.4, -0.2) is 27.4 Å². The third kappa shape index (κ3) is 2.35. The molecule has 0 saturated heterocycles. The van der Waals surface area contributed by atoms with Crippen LogP contribution in [0.15, 0.2) is 42.9 Å². The van der Waals surface area contributed by atoms with Gasteiger partial charge in [0.15, 0.2) is 0 Å². The maximum absolute atomic E-state index is 12.1. The van der Waals surface area contributed by atoms with Crippen molar-refractivity contribution in [2.24, 2.45) is 0 Å². The quantitative estimate of drug-likeness (QED) is 0.665. The lowest BCUT2D eigenvalue weighted by atomic mass is 10.1. The van der Waals surface area contributed by atoms with Crippen molar-refractivity contribution in [1.29, 1.82) is 0 Å². The fourth-order valence-corrected chi connectivity index (χ4v) is 2.10. The maximum Gasteiger partial charge on any atom is 0.253 e. The van der Waals surface area contributed by atoms with Crippen LogP contribution in [0.2, 0.25) is 0 Å². The number of aromatic nitrogens is 3. The Morgan fingerprint density at radius 3 is 3.00 bits per heavy atom. The molecule has 1 amide bonds. The van der Waals surface area contributed by atoms with Gasteiger partial charge in [0.25, 0.3) is 5.91 Å². The first kappa shape index (κ1) is 11.5. The standard InChI is InChI=1S/C14H14N4O/c19-14(18-7-5-12-15-8-9-16-12)11-3-1-2-10-4-6-17-13(10)11/h1-4,6,8-9,17H,5,7H2,(H,15,16)(H,18,19). The van der Waals surface area contributed by atoms with Gasteiger partial charge in [0.2, 0.25) is 0 Å². The van der Waals surface area contributed by atoms with Crippen LogP contribution in [0, 0.1) is 0 Å². The van der Waals surface area contributed by atoms with E-state index in [1.54, 1.807) is 12.4 Å². The van der Waals surface area contributed by atoms with Crippen molar-refractivity contribution in [2.75, 3.05) is 6.54 Å². The summed E-state index contributed by atoms with van der Waals surface area (Å²) in [6.07, 6.45) is 6.01. The van der Waals surface area contributed by atoms with Crippen molar-refractivity contribution >= 4 is 16.8 Å². The number of para-hydroxylation sites is 1. The summed E-state index contributed by atoms with van der Waals surface area (Å²) in [6, 6.07) is 7.64. The normalized spacial score (nSPS) is 10.7. The number of nitrogens with one attached hydrogen (secondary N) is 3. The summed E-state index contributed by atoms with van der Waals surface area (Å²) < 4.78 is 0. The zero-order valence-electron chi connectivity index (χ0n) is 10.3. The van der Waals surface area contributed by atoms with E-state index in [1.807, 2.05) is 30.5 Å². The average Bonchev–Trinajstić information content (AvgIpc) is 3.08. The molecule has 0 radical (unpaired) electrons. The van der Waals surface area contributed by atoms with E-state index in [1.165, 1.54) is 0 Å². The predicted octanol–water partition coefficient (Wildman–Crippen LogP) is 1.86. The van der Waals surface area contributed by atoms with Crippen LogP contribution in [0.3, 0.4) is 0 Å². The number of fused-ring (bicyclic) bond motifs is 1. The molecular formula is C14H14N4O. The minimum Gasteiger partial charge on any atom is -0.361 e. The lowest BCUT2D eigenvalue weighted by Crippen LogP contribution is -2.26. The average molecular weight is 254 g/mol. The molecule has 0 aliphatic heterocycles. The molecule has 2 heterocycles. The van der Waals surface area contributed by atoms with E-state index < -0.39 is 0 Å². The minimum atomic E-state index is -0.0698. The molecule has 96 valence electrons. The van der Waals surface area contributed by atoms with Gasteiger partial charge in [-0.05, 0) is 12.1 Å².